The van der Waals surface area contributed by atoms with E-state index in [1.165, 1.54) is 6.33 Å². The van der Waals surface area contributed by atoms with Gasteiger partial charge in [-0.05, 0) is 25.0 Å². The molecule has 2 atom stereocenters. The topological polar surface area (TPSA) is 96.8 Å². The number of amides is 1. The zero-order valence-corrected chi connectivity index (χ0v) is 12.4. The fourth-order valence-corrected chi connectivity index (χ4v) is 2.48. The molecule has 0 spiro atoms. The third-order valence-electron chi connectivity index (χ3n) is 3.60. The van der Waals surface area contributed by atoms with E-state index >= 15 is 0 Å². The van der Waals surface area contributed by atoms with Gasteiger partial charge in [0.1, 0.15) is 18.7 Å². The molecule has 3 N–H and O–H groups in total. The number of rotatable bonds is 5. The van der Waals surface area contributed by atoms with E-state index in [4.69, 9.17) is 0 Å². The number of pyridine rings is 1. The van der Waals surface area contributed by atoms with Crippen LogP contribution in [0.3, 0.4) is 0 Å². The highest BCUT2D eigenvalue weighted by Crippen LogP contribution is 2.13. The SMILES string of the molecule is CCCC1CC(C(=O)Nc2ccc(-n3cncn3)nc2)NN1. The minimum absolute atomic E-state index is 0.0543. The molecule has 1 saturated heterocycles. The maximum atomic E-state index is 12.2. The Morgan fingerprint density at radius 2 is 2.36 bits per heavy atom. The second-order valence-electron chi connectivity index (χ2n) is 5.30. The molecule has 116 valence electrons. The van der Waals surface area contributed by atoms with Gasteiger partial charge in [-0.25, -0.2) is 20.1 Å². The first-order valence-corrected chi connectivity index (χ1v) is 7.39. The number of anilines is 1. The first kappa shape index (κ1) is 14.6. The van der Waals surface area contributed by atoms with Crippen LogP contribution < -0.4 is 16.2 Å². The number of carbonyl (C=O) groups is 1. The van der Waals surface area contributed by atoms with Crippen LogP contribution in [0.5, 0.6) is 0 Å². The smallest absolute Gasteiger partial charge is 0.242 e. The van der Waals surface area contributed by atoms with Crippen molar-refractivity contribution < 1.29 is 4.79 Å². The van der Waals surface area contributed by atoms with Crippen molar-refractivity contribution in [3.63, 3.8) is 0 Å². The maximum absolute atomic E-state index is 12.2. The van der Waals surface area contributed by atoms with Gasteiger partial charge in [0.05, 0.1) is 11.9 Å². The summed E-state index contributed by atoms with van der Waals surface area (Å²) >= 11 is 0. The quantitative estimate of drug-likeness (QED) is 0.750. The van der Waals surface area contributed by atoms with Crippen LogP contribution in [0.15, 0.2) is 31.0 Å². The van der Waals surface area contributed by atoms with E-state index in [0.717, 1.165) is 19.3 Å². The Morgan fingerprint density at radius 3 is 3.05 bits per heavy atom. The summed E-state index contributed by atoms with van der Waals surface area (Å²) in [6, 6.07) is 3.72. The lowest BCUT2D eigenvalue weighted by atomic mass is 10.1. The lowest BCUT2D eigenvalue weighted by Gasteiger charge is -2.10. The van der Waals surface area contributed by atoms with E-state index < -0.39 is 0 Å². The first-order valence-electron chi connectivity index (χ1n) is 7.39. The molecule has 2 aromatic rings. The van der Waals surface area contributed by atoms with Gasteiger partial charge in [0, 0.05) is 6.04 Å². The number of nitrogens with zero attached hydrogens (tertiary/aromatic N) is 4. The Bertz CT molecular complexity index is 611. The fourth-order valence-electron chi connectivity index (χ4n) is 2.48. The highest BCUT2D eigenvalue weighted by atomic mass is 16.2. The van der Waals surface area contributed by atoms with Crippen LogP contribution in [0.2, 0.25) is 0 Å². The molecule has 2 aromatic heterocycles. The monoisotopic (exact) mass is 301 g/mol. The standard InChI is InChI=1S/C14H19N7O/c1-2-3-10-6-12(20-19-10)14(22)18-11-4-5-13(16-7-11)21-9-15-8-17-21/h4-5,7-10,12,19-20H,2-3,6H2,1H3,(H,18,22). The Labute approximate surface area is 128 Å². The summed E-state index contributed by atoms with van der Waals surface area (Å²) in [6.07, 6.45) is 7.59. The molecule has 0 aromatic carbocycles. The van der Waals surface area contributed by atoms with E-state index in [9.17, 15) is 4.79 Å². The van der Waals surface area contributed by atoms with Crippen LogP contribution >= 0.6 is 0 Å². The molecule has 3 rings (SSSR count). The Kier molecular flexibility index (Phi) is 4.40. The van der Waals surface area contributed by atoms with Gasteiger partial charge in [-0.1, -0.05) is 13.3 Å². The van der Waals surface area contributed by atoms with E-state index in [2.05, 4.69) is 38.2 Å². The fraction of sp³-hybridized carbons (Fsp3) is 0.429. The summed E-state index contributed by atoms with van der Waals surface area (Å²) in [5, 5.41) is 6.87. The number of hydrazine groups is 1. The minimum Gasteiger partial charge on any atom is -0.323 e. The third kappa shape index (κ3) is 3.29. The molecule has 1 amide bonds. The maximum Gasteiger partial charge on any atom is 0.242 e. The van der Waals surface area contributed by atoms with Gasteiger partial charge in [-0.3, -0.25) is 10.2 Å². The van der Waals surface area contributed by atoms with Crippen LogP contribution in [-0.2, 0) is 4.79 Å². The second kappa shape index (κ2) is 6.63. The zero-order valence-electron chi connectivity index (χ0n) is 12.4. The summed E-state index contributed by atoms with van der Waals surface area (Å²) in [5.41, 5.74) is 6.86. The zero-order chi connectivity index (χ0) is 15.4. The molecule has 8 nitrogen and oxygen atoms in total. The lowest BCUT2D eigenvalue weighted by Crippen LogP contribution is -2.40. The molecule has 2 unspecified atom stereocenters. The van der Waals surface area contributed by atoms with E-state index in [1.807, 2.05) is 0 Å². The summed E-state index contributed by atoms with van der Waals surface area (Å²) in [7, 11) is 0. The molecule has 3 heterocycles. The molecule has 22 heavy (non-hydrogen) atoms. The summed E-state index contributed by atoms with van der Waals surface area (Å²) in [6.45, 7) is 2.14. The van der Waals surface area contributed by atoms with Crippen LogP contribution in [-0.4, -0.2) is 37.7 Å². The number of hydrogen-bond donors (Lipinski definition) is 3. The van der Waals surface area contributed by atoms with Crippen LogP contribution in [0.1, 0.15) is 26.2 Å². The highest BCUT2D eigenvalue weighted by Gasteiger charge is 2.28. The third-order valence-corrected chi connectivity index (χ3v) is 3.60. The van der Waals surface area contributed by atoms with Crippen molar-refractivity contribution in [2.24, 2.45) is 0 Å². The normalized spacial score (nSPS) is 21.0. The van der Waals surface area contributed by atoms with Crippen molar-refractivity contribution in [2.45, 2.75) is 38.3 Å². The first-order chi connectivity index (χ1) is 10.8. The predicted molar refractivity (Wildman–Crippen MR) is 81.2 cm³/mol. The van der Waals surface area contributed by atoms with Gasteiger partial charge < -0.3 is 5.32 Å². The van der Waals surface area contributed by atoms with Gasteiger partial charge in [-0.2, -0.15) is 5.10 Å². The molecule has 0 bridgehead atoms. The lowest BCUT2D eigenvalue weighted by molar-refractivity contribution is -0.117. The predicted octanol–water partition coefficient (Wildman–Crippen LogP) is 0.636. The van der Waals surface area contributed by atoms with Crippen LogP contribution in [0.4, 0.5) is 5.69 Å². The van der Waals surface area contributed by atoms with Crippen LogP contribution in [0.25, 0.3) is 5.82 Å². The van der Waals surface area contributed by atoms with E-state index in [1.54, 1.807) is 29.3 Å². The molecular formula is C14H19N7O. The van der Waals surface area contributed by atoms with Gasteiger partial charge in [0.2, 0.25) is 5.91 Å². The number of hydrogen-bond acceptors (Lipinski definition) is 6. The Hall–Kier alpha value is -2.32. The average Bonchev–Trinajstić information content (AvgIpc) is 3.20. The van der Waals surface area contributed by atoms with E-state index in [-0.39, 0.29) is 11.9 Å². The van der Waals surface area contributed by atoms with Crippen molar-refractivity contribution in [3.8, 4) is 5.82 Å². The van der Waals surface area contributed by atoms with Crippen molar-refractivity contribution >= 4 is 11.6 Å². The summed E-state index contributed by atoms with van der Waals surface area (Å²) in [4.78, 5) is 20.3. The summed E-state index contributed by atoms with van der Waals surface area (Å²) < 4.78 is 1.56. The molecule has 0 saturated carbocycles. The van der Waals surface area contributed by atoms with Gasteiger partial charge in [0.15, 0.2) is 5.82 Å². The Morgan fingerprint density at radius 1 is 1.45 bits per heavy atom. The molecule has 0 aliphatic carbocycles. The molecular weight excluding hydrogens is 282 g/mol. The van der Waals surface area contributed by atoms with E-state index in [0.29, 0.717) is 17.5 Å². The van der Waals surface area contributed by atoms with Crippen LogP contribution in [0, 0.1) is 0 Å². The molecule has 1 aliphatic heterocycles. The highest BCUT2D eigenvalue weighted by molar-refractivity contribution is 5.94. The van der Waals surface area contributed by atoms with Crippen molar-refractivity contribution in [1.29, 1.82) is 0 Å². The number of aromatic nitrogens is 4. The Balaban J connectivity index is 1.58. The van der Waals surface area contributed by atoms with Gasteiger partial charge in [-0.15, -0.1) is 0 Å². The van der Waals surface area contributed by atoms with Crippen molar-refractivity contribution in [2.75, 3.05) is 5.32 Å². The largest absolute Gasteiger partial charge is 0.323 e. The molecule has 0 radical (unpaired) electrons. The minimum atomic E-state index is -0.216. The number of carbonyl (C=O) groups excluding carboxylic acids is 1. The molecule has 1 fully saturated rings. The van der Waals surface area contributed by atoms with Gasteiger partial charge in [0.25, 0.3) is 0 Å². The summed E-state index contributed by atoms with van der Waals surface area (Å²) in [5.74, 6) is 0.598. The number of nitrogens with one attached hydrogen (secondary N) is 3. The molecule has 8 heteroatoms. The second-order valence-corrected chi connectivity index (χ2v) is 5.30. The van der Waals surface area contributed by atoms with Crippen molar-refractivity contribution in [3.05, 3.63) is 31.0 Å². The van der Waals surface area contributed by atoms with Crippen molar-refractivity contribution in [1.82, 2.24) is 30.6 Å². The van der Waals surface area contributed by atoms with Gasteiger partial charge >= 0.3 is 0 Å². The molecule has 1 aliphatic rings. The average molecular weight is 301 g/mol.